The minimum Gasteiger partial charge on any atom is -0.395 e. The van der Waals surface area contributed by atoms with E-state index in [-0.39, 0.29) is 19.2 Å². The van der Waals surface area contributed by atoms with Gasteiger partial charge in [0.15, 0.2) is 0 Å². The van der Waals surface area contributed by atoms with E-state index in [9.17, 15) is 13.2 Å². The quantitative estimate of drug-likeness (QED) is 0.746. The first-order valence-electron chi connectivity index (χ1n) is 4.52. The van der Waals surface area contributed by atoms with E-state index in [1.807, 2.05) is 0 Å². The van der Waals surface area contributed by atoms with E-state index in [4.69, 9.17) is 9.84 Å². The third kappa shape index (κ3) is 3.81. The first kappa shape index (κ1) is 11.7. The van der Waals surface area contributed by atoms with Gasteiger partial charge < -0.3 is 9.84 Å². The van der Waals surface area contributed by atoms with Crippen molar-refractivity contribution in [3.05, 3.63) is 0 Å². The maximum absolute atomic E-state index is 11.9. The van der Waals surface area contributed by atoms with Crippen LogP contribution in [0.1, 0.15) is 6.42 Å². The summed E-state index contributed by atoms with van der Waals surface area (Å²) in [7, 11) is 0. The second kappa shape index (κ2) is 4.95. The van der Waals surface area contributed by atoms with Crippen LogP contribution in [0.2, 0.25) is 0 Å². The van der Waals surface area contributed by atoms with Crippen LogP contribution < -0.4 is 0 Å². The standard InChI is InChI=1S/C8H14F3NO2/c9-8(10,11)1-2-12-3-4-14-6-7(12)5-13/h7,13H,1-6H2. The molecule has 84 valence electrons. The molecule has 0 saturated carbocycles. The van der Waals surface area contributed by atoms with E-state index in [1.165, 1.54) is 0 Å². The van der Waals surface area contributed by atoms with Gasteiger partial charge in [-0.15, -0.1) is 0 Å². The average molecular weight is 213 g/mol. The normalized spacial score (nSPS) is 25.3. The Morgan fingerprint density at radius 3 is 2.71 bits per heavy atom. The number of alkyl halides is 3. The molecule has 1 unspecified atom stereocenters. The highest BCUT2D eigenvalue weighted by Crippen LogP contribution is 2.20. The second-order valence-corrected chi connectivity index (χ2v) is 3.31. The molecule has 0 radical (unpaired) electrons. The van der Waals surface area contributed by atoms with E-state index in [1.54, 1.807) is 4.90 Å². The third-order valence-electron chi connectivity index (χ3n) is 2.24. The SMILES string of the molecule is OCC1COCCN1CCC(F)(F)F. The lowest BCUT2D eigenvalue weighted by molar-refractivity contribution is -0.143. The van der Waals surface area contributed by atoms with Gasteiger partial charge in [-0.2, -0.15) is 13.2 Å². The van der Waals surface area contributed by atoms with Crippen molar-refractivity contribution in [2.24, 2.45) is 0 Å². The zero-order valence-electron chi connectivity index (χ0n) is 7.76. The summed E-state index contributed by atoms with van der Waals surface area (Å²) in [6, 6.07) is -0.286. The van der Waals surface area contributed by atoms with Crippen LogP contribution in [0.4, 0.5) is 13.2 Å². The van der Waals surface area contributed by atoms with Crippen LogP contribution in [-0.2, 0) is 4.74 Å². The average Bonchev–Trinajstić information content (AvgIpc) is 2.14. The first-order valence-corrected chi connectivity index (χ1v) is 4.52. The van der Waals surface area contributed by atoms with Crippen molar-refractivity contribution in [3.63, 3.8) is 0 Å². The fourth-order valence-electron chi connectivity index (χ4n) is 1.42. The summed E-state index contributed by atoms with van der Waals surface area (Å²) < 4.78 is 40.8. The highest BCUT2D eigenvalue weighted by molar-refractivity contribution is 4.75. The predicted molar refractivity (Wildman–Crippen MR) is 43.9 cm³/mol. The summed E-state index contributed by atoms with van der Waals surface area (Å²) in [5, 5.41) is 8.89. The smallest absolute Gasteiger partial charge is 0.390 e. The Morgan fingerprint density at radius 2 is 2.14 bits per heavy atom. The molecule has 1 aliphatic heterocycles. The van der Waals surface area contributed by atoms with E-state index >= 15 is 0 Å². The molecular formula is C8H14F3NO2. The fourth-order valence-corrected chi connectivity index (χ4v) is 1.42. The van der Waals surface area contributed by atoms with Crippen molar-refractivity contribution >= 4 is 0 Å². The lowest BCUT2D eigenvalue weighted by Gasteiger charge is -2.34. The summed E-state index contributed by atoms with van der Waals surface area (Å²) in [6.45, 7) is 1.000. The van der Waals surface area contributed by atoms with E-state index < -0.39 is 12.6 Å². The Hall–Kier alpha value is -0.330. The minimum absolute atomic E-state index is 0.0575. The van der Waals surface area contributed by atoms with Gasteiger partial charge in [-0.3, -0.25) is 4.90 Å². The predicted octanol–water partition coefficient (Wildman–Crippen LogP) is 0.632. The van der Waals surface area contributed by atoms with Gasteiger partial charge in [0.05, 0.1) is 32.3 Å². The number of rotatable bonds is 3. The number of aliphatic hydroxyl groups excluding tert-OH is 1. The molecule has 1 atom stereocenters. The highest BCUT2D eigenvalue weighted by atomic mass is 19.4. The molecule has 3 nitrogen and oxygen atoms in total. The molecule has 1 fully saturated rings. The second-order valence-electron chi connectivity index (χ2n) is 3.31. The van der Waals surface area contributed by atoms with Gasteiger partial charge in [-0.25, -0.2) is 0 Å². The Morgan fingerprint density at radius 1 is 1.43 bits per heavy atom. The van der Waals surface area contributed by atoms with Crippen molar-refractivity contribution in [2.75, 3.05) is 32.9 Å². The minimum atomic E-state index is -4.13. The van der Waals surface area contributed by atoms with Crippen LogP contribution in [0.3, 0.4) is 0 Å². The van der Waals surface area contributed by atoms with Crippen molar-refractivity contribution in [1.82, 2.24) is 4.90 Å². The lowest BCUT2D eigenvalue weighted by atomic mass is 10.2. The molecule has 1 saturated heterocycles. The molecule has 0 aromatic rings. The highest BCUT2D eigenvalue weighted by Gasteiger charge is 2.30. The molecule has 0 aromatic heterocycles. The number of hydrogen-bond donors (Lipinski definition) is 1. The fraction of sp³-hybridized carbons (Fsp3) is 1.00. The summed E-state index contributed by atoms with van der Waals surface area (Å²) in [6.07, 6.45) is -4.96. The largest absolute Gasteiger partial charge is 0.395 e. The molecule has 0 spiro atoms. The van der Waals surface area contributed by atoms with Crippen LogP contribution in [0.5, 0.6) is 0 Å². The Balaban J connectivity index is 2.33. The zero-order valence-corrected chi connectivity index (χ0v) is 7.76. The molecule has 0 aromatic carbocycles. The van der Waals surface area contributed by atoms with Crippen LogP contribution >= 0.6 is 0 Å². The summed E-state index contributed by atoms with van der Waals surface area (Å²) >= 11 is 0. The van der Waals surface area contributed by atoms with Gasteiger partial charge in [0, 0.05) is 13.1 Å². The zero-order chi connectivity index (χ0) is 10.6. The van der Waals surface area contributed by atoms with E-state index in [0.29, 0.717) is 19.8 Å². The number of morpholine rings is 1. The van der Waals surface area contributed by atoms with Crippen LogP contribution in [0, 0.1) is 0 Å². The van der Waals surface area contributed by atoms with Crippen LogP contribution in [0.15, 0.2) is 0 Å². The number of nitrogens with zero attached hydrogens (tertiary/aromatic N) is 1. The molecule has 1 aliphatic rings. The molecule has 6 heteroatoms. The van der Waals surface area contributed by atoms with Gasteiger partial charge in [0.2, 0.25) is 0 Å². The van der Waals surface area contributed by atoms with Crippen LogP contribution in [-0.4, -0.2) is 55.1 Å². The summed E-state index contributed by atoms with van der Waals surface area (Å²) in [5.41, 5.74) is 0. The monoisotopic (exact) mass is 213 g/mol. The third-order valence-corrected chi connectivity index (χ3v) is 2.24. The van der Waals surface area contributed by atoms with E-state index in [2.05, 4.69) is 0 Å². The van der Waals surface area contributed by atoms with E-state index in [0.717, 1.165) is 0 Å². The van der Waals surface area contributed by atoms with Gasteiger partial charge in [0.25, 0.3) is 0 Å². The number of aliphatic hydroxyl groups is 1. The molecule has 1 rings (SSSR count). The molecule has 0 bridgehead atoms. The molecule has 0 aliphatic carbocycles. The van der Waals surface area contributed by atoms with Crippen molar-refractivity contribution in [2.45, 2.75) is 18.6 Å². The maximum Gasteiger partial charge on any atom is 0.390 e. The van der Waals surface area contributed by atoms with Gasteiger partial charge in [0.1, 0.15) is 0 Å². The lowest BCUT2D eigenvalue weighted by Crippen LogP contribution is -2.48. The van der Waals surface area contributed by atoms with Gasteiger partial charge in [-0.1, -0.05) is 0 Å². The van der Waals surface area contributed by atoms with Crippen molar-refractivity contribution in [3.8, 4) is 0 Å². The topological polar surface area (TPSA) is 32.7 Å². The molecule has 1 heterocycles. The number of ether oxygens (including phenoxy) is 1. The van der Waals surface area contributed by atoms with Crippen molar-refractivity contribution in [1.29, 1.82) is 0 Å². The Labute approximate surface area is 80.5 Å². The Bertz CT molecular complexity index is 174. The summed E-state index contributed by atoms with van der Waals surface area (Å²) in [5.74, 6) is 0. The summed E-state index contributed by atoms with van der Waals surface area (Å²) in [4.78, 5) is 1.62. The molecule has 0 amide bonds. The van der Waals surface area contributed by atoms with Crippen LogP contribution in [0.25, 0.3) is 0 Å². The van der Waals surface area contributed by atoms with Crippen molar-refractivity contribution < 1.29 is 23.0 Å². The molecule has 1 N–H and O–H groups in total. The molecule has 14 heavy (non-hydrogen) atoms. The number of halogens is 3. The Kier molecular flexibility index (Phi) is 4.15. The van der Waals surface area contributed by atoms with Gasteiger partial charge in [-0.05, 0) is 0 Å². The maximum atomic E-state index is 11.9. The first-order chi connectivity index (χ1) is 6.53. The molecular weight excluding hydrogens is 199 g/mol. The number of hydrogen-bond acceptors (Lipinski definition) is 3. The van der Waals surface area contributed by atoms with Gasteiger partial charge >= 0.3 is 6.18 Å².